The molecule has 0 amide bonds. The number of rotatable bonds is 5. The number of thioether (sulfide) groups is 1. The molecule has 0 saturated carbocycles. The van der Waals surface area contributed by atoms with Crippen LogP contribution < -0.4 is 0 Å². The Hall–Kier alpha value is -1.74. The van der Waals surface area contributed by atoms with Gasteiger partial charge in [-0.2, -0.15) is 0 Å². The normalized spacial score (nSPS) is 10.7. The number of nitrogens with zero attached hydrogens (tertiary/aromatic N) is 2. The Labute approximate surface area is 167 Å². The largest absolute Gasteiger partial charge is 0.457 e. The Morgan fingerprint density at radius 3 is 2.69 bits per heavy atom. The first-order valence-corrected chi connectivity index (χ1v) is 10.2. The summed E-state index contributed by atoms with van der Waals surface area (Å²) < 4.78 is 22.0. The van der Waals surface area contributed by atoms with Crippen molar-refractivity contribution in [2.24, 2.45) is 0 Å². The Morgan fingerprint density at radius 1 is 1.35 bits per heavy atom. The Kier molecular flexibility index (Phi) is 6.08. The van der Waals surface area contributed by atoms with Crippen LogP contribution in [0.2, 0.25) is 5.02 Å². The van der Waals surface area contributed by atoms with E-state index in [2.05, 4.69) is 5.10 Å². The van der Waals surface area contributed by atoms with E-state index in [9.17, 15) is 9.18 Å². The van der Waals surface area contributed by atoms with Crippen molar-refractivity contribution in [3.8, 4) is 5.69 Å². The first-order chi connectivity index (χ1) is 12.5. The number of benzene rings is 2. The number of carbonyl (C=O) groups is 1. The van der Waals surface area contributed by atoms with Gasteiger partial charge in [0.1, 0.15) is 12.4 Å². The van der Waals surface area contributed by atoms with Crippen molar-refractivity contribution in [2.75, 3.05) is 6.26 Å². The van der Waals surface area contributed by atoms with E-state index < -0.39 is 11.8 Å². The summed E-state index contributed by atoms with van der Waals surface area (Å²) in [5.74, 6) is -1.08. The van der Waals surface area contributed by atoms with Crippen molar-refractivity contribution in [3.05, 3.63) is 68.4 Å². The van der Waals surface area contributed by atoms with Crippen molar-refractivity contribution >= 4 is 52.9 Å². The number of halogens is 2. The quantitative estimate of drug-likeness (QED) is 0.304. The molecule has 0 atom stereocenters. The van der Waals surface area contributed by atoms with Crippen LogP contribution in [-0.2, 0) is 11.3 Å². The highest BCUT2D eigenvalue weighted by Crippen LogP contribution is 2.23. The van der Waals surface area contributed by atoms with E-state index in [4.69, 9.17) is 28.6 Å². The summed E-state index contributed by atoms with van der Waals surface area (Å²) >= 11 is 14.2. The standard InChI is InChI=1S/C17H12ClFN2O2S3/c1-25-16-20-21(17(24)26-16)11-7-5-10(6-8-11)15(22)23-9-12-13(18)3-2-4-14(12)19/h2-8H,9H2,1H3. The first kappa shape index (κ1) is 19.0. The monoisotopic (exact) mass is 426 g/mol. The first-order valence-electron chi connectivity index (χ1n) is 7.34. The predicted molar refractivity (Wildman–Crippen MR) is 105 cm³/mol. The molecule has 3 rings (SSSR count). The molecule has 9 heteroatoms. The summed E-state index contributed by atoms with van der Waals surface area (Å²) in [6.45, 7) is -0.236. The van der Waals surface area contributed by atoms with E-state index in [0.29, 0.717) is 9.52 Å². The lowest BCUT2D eigenvalue weighted by atomic mass is 10.2. The maximum atomic E-state index is 13.7. The summed E-state index contributed by atoms with van der Waals surface area (Å²) in [5.41, 5.74) is 1.24. The van der Waals surface area contributed by atoms with Crippen LogP contribution in [0.15, 0.2) is 46.8 Å². The molecule has 2 aromatic carbocycles. The molecule has 0 aliphatic rings. The summed E-state index contributed by atoms with van der Waals surface area (Å²) in [7, 11) is 0. The molecule has 0 N–H and O–H groups in total. The minimum absolute atomic E-state index is 0.150. The third-order valence-electron chi connectivity index (χ3n) is 3.46. The molecule has 0 saturated heterocycles. The topological polar surface area (TPSA) is 44.1 Å². The Bertz CT molecular complexity index is 982. The number of esters is 1. The fourth-order valence-electron chi connectivity index (χ4n) is 2.14. The lowest BCUT2D eigenvalue weighted by Gasteiger charge is -2.08. The average molecular weight is 427 g/mol. The van der Waals surface area contributed by atoms with Crippen LogP contribution in [0.1, 0.15) is 15.9 Å². The van der Waals surface area contributed by atoms with Gasteiger partial charge in [0.15, 0.2) is 8.29 Å². The molecular weight excluding hydrogens is 415 g/mol. The molecule has 134 valence electrons. The van der Waals surface area contributed by atoms with Crippen LogP contribution in [0.3, 0.4) is 0 Å². The van der Waals surface area contributed by atoms with Gasteiger partial charge in [0.2, 0.25) is 0 Å². The molecule has 4 nitrogen and oxygen atoms in total. The van der Waals surface area contributed by atoms with Crippen LogP contribution in [0, 0.1) is 9.77 Å². The van der Waals surface area contributed by atoms with Crippen LogP contribution >= 0.6 is 46.9 Å². The van der Waals surface area contributed by atoms with E-state index in [1.165, 1.54) is 35.2 Å². The van der Waals surface area contributed by atoms with Gasteiger partial charge in [0.25, 0.3) is 0 Å². The van der Waals surface area contributed by atoms with Gasteiger partial charge in [0, 0.05) is 5.56 Å². The van der Waals surface area contributed by atoms with Crippen LogP contribution in [0.5, 0.6) is 0 Å². The second-order valence-electron chi connectivity index (χ2n) is 5.07. The highest BCUT2D eigenvalue weighted by atomic mass is 35.5. The molecule has 0 fully saturated rings. The Balaban J connectivity index is 1.73. The van der Waals surface area contributed by atoms with Crippen molar-refractivity contribution in [3.63, 3.8) is 0 Å². The highest BCUT2D eigenvalue weighted by Gasteiger charge is 2.13. The number of hydrogen-bond acceptors (Lipinski definition) is 6. The zero-order valence-electron chi connectivity index (χ0n) is 13.4. The number of aromatic nitrogens is 2. The number of hydrogen-bond donors (Lipinski definition) is 0. The van der Waals surface area contributed by atoms with Gasteiger partial charge in [-0.1, -0.05) is 40.8 Å². The van der Waals surface area contributed by atoms with Crippen LogP contribution in [-0.4, -0.2) is 22.0 Å². The third kappa shape index (κ3) is 4.15. The molecule has 1 aromatic heterocycles. The van der Waals surface area contributed by atoms with Gasteiger partial charge in [-0.3, -0.25) is 0 Å². The van der Waals surface area contributed by atoms with Crippen LogP contribution in [0.25, 0.3) is 5.69 Å². The molecule has 0 bridgehead atoms. The van der Waals surface area contributed by atoms with Gasteiger partial charge < -0.3 is 4.74 Å². The van der Waals surface area contributed by atoms with E-state index in [0.717, 1.165) is 10.0 Å². The molecule has 0 unspecified atom stereocenters. The second kappa shape index (κ2) is 8.30. The smallest absolute Gasteiger partial charge is 0.338 e. The Morgan fingerprint density at radius 2 is 2.08 bits per heavy atom. The second-order valence-corrected chi connectivity index (χ2v) is 8.16. The van der Waals surface area contributed by atoms with Gasteiger partial charge in [-0.15, -0.1) is 5.10 Å². The number of carbonyl (C=O) groups excluding carboxylic acids is 1. The molecule has 3 aromatic rings. The fourth-order valence-corrected chi connectivity index (χ4v) is 4.13. The van der Waals surface area contributed by atoms with Crippen molar-refractivity contribution in [2.45, 2.75) is 10.9 Å². The summed E-state index contributed by atoms with van der Waals surface area (Å²) in [6.07, 6.45) is 1.93. The molecule has 26 heavy (non-hydrogen) atoms. The van der Waals surface area contributed by atoms with Crippen molar-refractivity contribution < 1.29 is 13.9 Å². The lowest BCUT2D eigenvalue weighted by Crippen LogP contribution is -2.07. The zero-order valence-corrected chi connectivity index (χ0v) is 16.6. The third-order valence-corrected chi connectivity index (χ3v) is 6.02. The van der Waals surface area contributed by atoms with Crippen molar-refractivity contribution in [1.82, 2.24) is 9.78 Å². The van der Waals surface area contributed by atoms with Gasteiger partial charge in [-0.25, -0.2) is 13.9 Å². The lowest BCUT2D eigenvalue weighted by molar-refractivity contribution is 0.0469. The zero-order chi connectivity index (χ0) is 18.7. The fraction of sp³-hybridized carbons (Fsp3) is 0.118. The maximum Gasteiger partial charge on any atom is 0.338 e. The predicted octanol–water partition coefficient (Wildman–Crippen LogP) is 5.53. The molecule has 0 spiro atoms. The minimum Gasteiger partial charge on any atom is -0.457 e. The van der Waals surface area contributed by atoms with Crippen LogP contribution in [0.4, 0.5) is 4.39 Å². The summed E-state index contributed by atoms with van der Waals surface area (Å²) in [6, 6.07) is 11.0. The van der Waals surface area contributed by atoms with E-state index in [1.54, 1.807) is 35.0 Å². The van der Waals surface area contributed by atoms with E-state index in [1.807, 2.05) is 6.26 Å². The van der Waals surface area contributed by atoms with E-state index >= 15 is 0 Å². The van der Waals surface area contributed by atoms with E-state index in [-0.39, 0.29) is 17.2 Å². The molecule has 1 heterocycles. The molecule has 0 aliphatic heterocycles. The minimum atomic E-state index is -0.567. The van der Waals surface area contributed by atoms with Crippen molar-refractivity contribution in [1.29, 1.82) is 0 Å². The highest BCUT2D eigenvalue weighted by molar-refractivity contribution is 8.00. The SMILES string of the molecule is CSc1nn(-c2ccc(C(=O)OCc3c(F)cccc3Cl)cc2)c(=S)s1. The molecule has 0 aliphatic carbocycles. The van der Waals surface area contributed by atoms with Gasteiger partial charge >= 0.3 is 5.97 Å². The molecule has 0 radical (unpaired) electrons. The average Bonchev–Trinajstić information content (AvgIpc) is 3.02. The maximum absolute atomic E-state index is 13.7. The number of ether oxygens (including phenoxy) is 1. The summed E-state index contributed by atoms with van der Waals surface area (Å²) in [5, 5.41) is 4.61. The molecular formula is C17H12ClFN2O2S3. The summed E-state index contributed by atoms with van der Waals surface area (Å²) in [4.78, 5) is 12.2. The van der Waals surface area contributed by atoms with Gasteiger partial charge in [-0.05, 0) is 54.9 Å². The van der Waals surface area contributed by atoms with Gasteiger partial charge in [0.05, 0.1) is 16.3 Å².